The van der Waals surface area contributed by atoms with Crippen molar-refractivity contribution in [2.75, 3.05) is 13.1 Å². The molecule has 5 rings (SSSR count). The number of nitrogens with zero attached hydrogens (tertiary/aromatic N) is 2. The zero-order valence-electron chi connectivity index (χ0n) is 17.8. The van der Waals surface area contributed by atoms with Crippen molar-refractivity contribution in [3.05, 3.63) is 59.0 Å². The van der Waals surface area contributed by atoms with Gasteiger partial charge in [0.25, 0.3) is 0 Å². The molecule has 0 amide bonds. The summed E-state index contributed by atoms with van der Waals surface area (Å²) in [6, 6.07) is 9.34. The predicted molar refractivity (Wildman–Crippen MR) is 121 cm³/mol. The quantitative estimate of drug-likeness (QED) is 0.475. The summed E-state index contributed by atoms with van der Waals surface area (Å²) in [4.78, 5) is 8.40. The zero-order valence-corrected chi connectivity index (χ0v) is 17.8. The summed E-state index contributed by atoms with van der Waals surface area (Å²) in [7, 11) is 0. The SMILES string of the molecule is Cc1cn2cc(-c3[nH]c4ccc(C5CCNCC5)cc4c3C(C)C)cc(C)c2n1. The Labute approximate surface area is 172 Å². The Hall–Kier alpha value is -2.59. The van der Waals surface area contributed by atoms with Crippen LogP contribution in [-0.2, 0) is 0 Å². The predicted octanol–water partition coefficient (Wildman–Crippen LogP) is 5.69. The smallest absolute Gasteiger partial charge is 0.139 e. The molecule has 0 bridgehead atoms. The third-order valence-corrected chi connectivity index (χ3v) is 6.40. The standard InChI is InChI=1S/C25H30N4/c1-15(2)23-21-12-19(18-7-9-26-10-8-18)5-6-22(21)28-24(23)20-11-16(3)25-27-17(4)13-29(25)14-20/h5-6,11-15,18,26,28H,7-10H2,1-4H3. The monoisotopic (exact) mass is 386 g/mol. The Bertz CT molecular complexity index is 1190. The molecule has 3 aromatic heterocycles. The molecule has 0 atom stereocenters. The van der Waals surface area contributed by atoms with E-state index in [2.05, 4.69) is 84.0 Å². The van der Waals surface area contributed by atoms with Crippen molar-refractivity contribution in [2.45, 2.75) is 52.4 Å². The van der Waals surface area contributed by atoms with Gasteiger partial charge >= 0.3 is 0 Å². The van der Waals surface area contributed by atoms with Crippen molar-refractivity contribution in [1.29, 1.82) is 0 Å². The van der Waals surface area contributed by atoms with E-state index in [1.807, 2.05) is 0 Å². The molecule has 1 aromatic carbocycles. The molecule has 2 N–H and O–H groups in total. The number of aromatic nitrogens is 3. The number of aryl methyl sites for hydroxylation is 2. The Balaban J connectivity index is 1.68. The van der Waals surface area contributed by atoms with Crippen LogP contribution in [0.25, 0.3) is 27.8 Å². The molecule has 0 unspecified atom stereocenters. The molecular weight excluding hydrogens is 356 g/mol. The second-order valence-electron chi connectivity index (χ2n) is 8.92. The number of hydrogen-bond donors (Lipinski definition) is 2. The third kappa shape index (κ3) is 3.16. The van der Waals surface area contributed by atoms with Crippen LogP contribution in [0.2, 0.25) is 0 Å². The number of hydrogen-bond acceptors (Lipinski definition) is 2. The van der Waals surface area contributed by atoms with Crippen molar-refractivity contribution in [3.63, 3.8) is 0 Å². The average Bonchev–Trinajstić information content (AvgIpc) is 3.28. The molecule has 0 aliphatic carbocycles. The van der Waals surface area contributed by atoms with Gasteiger partial charge in [-0.3, -0.25) is 0 Å². The van der Waals surface area contributed by atoms with Gasteiger partial charge in [-0.2, -0.15) is 0 Å². The Morgan fingerprint density at radius 3 is 2.62 bits per heavy atom. The minimum absolute atomic E-state index is 0.447. The summed E-state index contributed by atoms with van der Waals surface area (Å²) < 4.78 is 2.16. The number of fused-ring (bicyclic) bond motifs is 2. The minimum Gasteiger partial charge on any atom is -0.354 e. The number of H-pyrrole nitrogens is 1. The first-order valence-electron chi connectivity index (χ1n) is 10.8. The van der Waals surface area contributed by atoms with Crippen LogP contribution in [0.4, 0.5) is 0 Å². The lowest BCUT2D eigenvalue weighted by Crippen LogP contribution is -2.26. The number of rotatable bonds is 3. The van der Waals surface area contributed by atoms with E-state index in [1.54, 1.807) is 0 Å². The van der Waals surface area contributed by atoms with Crippen LogP contribution < -0.4 is 5.32 Å². The molecule has 29 heavy (non-hydrogen) atoms. The largest absolute Gasteiger partial charge is 0.354 e. The zero-order chi connectivity index (χ0) is 20.1. The third-order valence-electron chi connectivity index (χ3n) is 6.40. The lowest BCUT2D eigenvalue weighted by molar-refractivity contribution is 0.460. The first-order chi connectivity index (χ1) is 14.0. The molecule has 0 saturated carbocycles. The fourth-order valence-electron chi connectivity index (χ4n) is 4.99. The van der Waals surface area contributed by atoms with E-state index < -0.39 is 0 Å². The molecule has 4 aromatic rings. The summed E-state index contributed by atoms with van der Waals surface area (Å²) in [6.45, 7) is 11.1. The molecule has 4 nitrogen and oxygen atoms in total. The number of pyridine rings is 1. The van der Waals surface area contributed by atoms with E-state index in [0.717, 1.165) is 24.4 Å². The van der Waals surface area contributed by atoms with Gasteiger partial charge < -0.3 is 14.7 Å². The number of imidazole rings is 1. The van der Waals surface area contributed by atoms with E-state index in [0.29, 0.717) is 11.8 Å². The first kappa shape index (κ1) is 18.4. The highest BCUT2D eigenvalue weighted by atomic mass is 15.0. The summed E-state index contributed by atoms with van der Waals surface area (Å²) in [5, 5.41) is 4.87. The maximum absolute atomic E-state index is 4.66. The van der Waals surface area contributed by atoms with Gasteiger partial charge in [0.1, 0.15) is 5.65 Å². The molecule has 0 spiro atoms. The van der Waals surface area contributed by atoms with E-state index in [-0.39, 0.29) is 0 Å². The van der Waals surface area contributed by atoms with Gasteiger partial charge in [0, 0.05) is 28.9 Å². The van der Waals surface area contributed by atoms with Gasteiger partial charge in [-0.25, -0.2) is 4.98 Å². The normalized spacial score (nSPS) is 15.8. The molecule has 1 aliphatic rings. The number of nitrogens with one attached hydrogen (secondary N) is 2. The van der Waals surface area contributed by atoms with E-state index in [9.17, 15) is 0 Å². The minimum atomic E-state index is 0.447. The van der Waals surface area contributed by atoms with Crippen molar-refractivity contribution in [3.8, 4) is 11.3 Å². The van der Waals surface area contributed by atoms with Gasteiger partial charge in [-0.15, -0.1) is 0 Å². The van der Waals surface area contributed by atoms with Crippen LogP contribution in [0, 0.1) is 13.8 Å². The maximum atomic E-state index is 4.66. The maximum Gasteiger partial charge on any atom is 0.139 e. The van der Waals surface area contributed by atoms with Gasteiger partial charge in [0.05, 0.1) is 11.4 Å². The van der Waals surface area contributed by atoms with Gasteiger partial charge in [0.15, 0.2) is 0 Å². The highest BCUT2D eigenvalue weighted by Crippen LogP contribution is 2.38. The second-order valence-corrected chi connectivity index (χ2v) is 8.92. The fourth-order valence-corrected chi connectivity index (χ4v) is 4.99. The highest BCUT2D eigenvalue weighted by molar-refractivity contribution is 5.92. The van der Waals surface area contributed by atoms with E-state index >= 15 is 0 Å². The fraction of sp³-hybridized carbons (Fsp3) is 0.400. The summed E-state index contributed by atoms with van der Waals surface area (Å²) >= 11 is 0. The molecule has 4 heterocycles. The lowest BCUT2D eigenvalue weighted by atomic mass is 9.88. The molecule has 0 radical (unpaired) electrons. The van der Waals surface area contributed by atoms with Crippen LogP contribution >= 0.6 is 0 Å². The average molecular weight is 387 g/mol. The number of aromatic amines is 1. The van der Waals surface area contributed by atoms with Crippen LogP contribution in [0.5, 0.6) is 0 Å². The van der Waals surface area contributed by atoms with Crippen LogP contribution in [0.1, 0.15) is 60.9 Å². The summed E-state index contributed by atoms with van der Waals surface area (Å²) in [6.07, 6.45) is 6.79. The van der Waals surface area contributed by atoms with E-state index in [4.69, 9.17) is 0 Å². The van der Waals surface area contributed by atoms with Gasteiger partial charge in [-0.1, -0.05) is 19.9 Å². The molecule has 150 valence electrons. The molecular formula is C25H30N4. The summed E-state index contributed by atoms with van der Waals surface area (Å²) in [5.74, 6) is 1.12. The van der Waals surface area contributed by atoms with Crippen molar-refractivity contribution >= 4 is 16.6 Å². The van der Waals surface area contributed by atoms with Crippen molar-refractivity contribution in [1.82, 2.24) is 19.7 Å². The first-order valence-corrected chi connectivity index (χ1v) is 10.8. The lowest BCUT2D eigenvalue weighted by Gasteiger charge is -2.23. The van der Waals surface area contributed by atoms with Crippen LogP contribution in [0.15, 0.2) is 36.7 Å². The number of benzene rings is 1. The van der Waals surface area contributed by atoms with E-state index in [1.165, 1.54) is 51.7 Å². The topological polar surface area (TPSA) is 45.1 Å². The number of piperidine rings is 1. The Kier molecular flexibility index (Phi) is 4.47. The molecule has 1 saturated heterocycles. The molecule has 1 fully saturated rings. The van der Waals surface area contributed by atoms with Crippen LogP contribution in [0.3, 0.4) is 0 Å². The summed E-state index contributed by atoms with van der Waals surface area (Å²) in [5.41, 5.74) is 9.93. The second kappa shape index (κ2) is 7.03. The Morgan fingerprint density at radius 2 is 1.86 bits per heavy atom. The Morgan fingerprint density at radius 1 is 1.07 bits per heavy atom. The highest BCUT2D eigenvalue weighted by Gasteiger charge is 2.20. The van der Waals surface area contributed by atoms with Gasteiger partial charge in [0.2, 0.25) is 0 Å². The molecule has 1 aliphatic heterocycles. The molecule has 4 heteroatoms. The van der Waals surface area contributed by atoms with Gasteiger partial charge in [-0.05, 0) is 86.5 Å². The van der Waals surface area contributed by atoms with Crippen LogP contribution in [-0.4, -0.2) is 27.5 Å². The van der Waals surface area contributed by atoms with Crippen molar-refractivity contribution in [2.24, 2.45) is 0 Å². The van der Waals surface area contributed by atoms with Crippen molar-refractivity contribution < 1.29 is 0 Å².